The number of amides is 1. The number of carbonyl (C=O) groups is 1. The fourth-order valence-corrected chi connectivity index (χ4v) is 9.90. The number of carbonyl (C=O) groups excluding carboxylic acids is 1. The van der Waals surface area contributed by atoms with Crippen LogP contribution < -0.4 is 24.4 Å². The van der Waals surface area contributed by atoms with E-state index in [0.29, 0.717) is 37.3 Å². The summed E-state index contributed by atoms with van der Waals surface area (Å²) in [5, 5.41) is 4.80. The molecule has 0 atom stereocenters. The van der Waals surface area contributed by atoms with E-state index in [-0.39, 0.29) is 39.0 Å². The quantitative estimate of drug-likeness (QED) is 0.106. The van der Waals surface area contributed by atoms with E-state index in [2.05, 4.69) is 55.8 Å². The number of hydrogen-bond acceptors (Lipinski definition) is 9. The number of anilines is 1. The molecule has 5 aromatic rings. The molecule has 0 spiro atoms. The Balaban J connectivity index is 0.987. The number of hydrogen-bond donors (Lipinski definition) is 3. The number of halogens is 3. The summed E-state index contributed by atoms with van der Waals surface area (Å²) in [6, 6.07) is 21.0. The van der Waals surface area contributed by atoms with Gasteiger partial charge in [-0.15, -0.1) is 0 Å². The lowest BCUT2D eigenvalue weighted by molar-refractivity contribution is 0.0752. The summed E-state index contributed by atoms with van der Waals surface area (Å²) in [7, 11) is -4.39. The molecule has 0 saturated carbocycles. The molecule has 3 aromatic carbocycles. The predicted molar refractivity (Wildman–Crippen MR) is 239 cm³/mol. The van der Waals surface area contributed by atoms with Crippen LogP contribution in [0.3, 0.4) is 0 Å². The second-order valence-electron chi connectivity index (χ2n) is 17.3. The number of alkyl halides is 1. The SMILES string of the molecule is CC1(C)CCC(CN2CCN(c3ccc(C(=O)NS(=O)(=O)c4ccc(OCC5(CF)CCNCC5)c(Cl)c4)c(Oc4cnc5[nH]ccc5c4)c3)CC2)=C(c2ccc(Cl)cc2)C1. The van der Waals surface area contributed by atoms with Crippen LogP contribution in [0.5, 0.6) is 17.2 Å². The molecule has 2 aromatic heterocycles. The molecule has 4 heterocycles. The van der Waals surface area contributed by atoms with Gasteiger partial charge in [0.25, 0.3) is 15.9 Å². The minimum absolute atomic E-state index is 0.0200. The van der Waals surface area contributed by atoms with E-state index in [0.717, 1.165) is 68.1 Å². The van der Waals surface area contributed by atoms with E-state index in [1.165, 1.54) is 34.9 Å². The number of benzene rings is 3. The first-order valence-electron chi connectivity index (χ1n) is 20.7. The summed E-state index contributed by atoms with van der Waals surface area (Å²) < 4.78 is 55.7. The van der Waals surface area contributed by atoms with E-state index < -0.39 is 28.0 Å². The Morgan fingerprint density at radius 3 is 2.44 bits per heavy atom. The summed E-state index contributed by atoms with van der Waals surface area (Å²) in [6.45, 7) is 9.71. The van der Waals surface area contributed by atoms with Gasteiger partial charge in [-0.05, 0) is 116 Å². The molecule has 2 aliphatic heterocycles. The number of aromatic amines is 1. The molecular weight excluding hydrogens is 839 g/mol. The number of piperazine rings is 1. The van der Waals surface area contributed by atoms with Crippen LogP contribution in [0.1, 0.15) is 61.9 Å². The average molecular weight is 890 g/mol. The molecule has 0 bridgehead atoms. The molecular formula is C46H51Cl2FN6O5S. The molecule has 11 nitrogen and oxygen atoms in total. The maximum atomic E-state index is 14.0. The van der Waals surface area contributed by atoms with E-state index in [1.807, 2.05) is 24.3 Å². The Morgan fingerprint density at radius 1 is 0.934 bits per heavy atom. The van der Waals surface area contributed by atoms with Crippen molar-refractivity contribution in [2.24, 2.45) is 10.8 Å². The lowest BCUT2D eigenvalue weighted by Crippen LogP contribution is -2.47. The molecule has 3 N–H and O–H groups in total. The highest BCUT2D eigenvalue weighted by Crippen LogP contribution is 2.43. The molecule has 322 valence electrons. The third-order valence-electron chi connectivity index (χ3n) is 12.3. The molecule has 15 heteroatoms. The van der Waals surface area contributed by atoms with E-state index in [9.17, 15) is 17.6 Å². The first-order chi connectivity index (χ1) is 29.3. The highest BCUT2D eigenvalue weighted by Gasteiger charge is 2.34. The Morgan fingerprint density at radius 2 is 1.70 bits per heavy atom. The van der Waals surface area contributed by atoms with Gasteiger partial charge in [0.05, 0.1) is 35.0 Å². The summed E-state index contributed by atoms with van der Waals surface area (Å²) in [5.41, 5.74) is 5.28. The van der Waals surface area contributed by atoms with Gasteiger partial charge in [0.1, 0.15) is 22.9 Å². The van der Waals surface area contributed by atoms with Gasteiger partial charge in [-0.2, -0.15) is 0 Å². The highest BCUT2D eigenvalue weighted by atomic mass is 35.5. The molecule has 1 aliphatic carbocycles. The van der Waals surface area contributed by atoms with Crippen LogP contribution in [0, 0.1) is 10.8 Å². The number of H-pyrrole nitrogens is 1. The fourth-order valence-electron chi connectivity index (χ4n) is 8.49. The minimum atomic E-state index is -4.39. The zero-order valence-corrected chi connectivity index (χ0v) is 36.7. The van der Waals surface area contributed by atoms with Crippen molar-refractivity contribution < 1.29 is 27.1 Å². The van der Waals surface area contributed by atoms with Crippen LogP contribution in [0.2, 0.25) is 10.0 Å². The van der Waals surface area contributed by atoms with Crippen molar-refractivity contribution in [2.45, 2.75) is 50.8 Å². The third kappa shape index (κ3) is 10.0. The van der Waals surface area contributed by atoms with Crippen LogP contribution >= 0.6 is 23.2 Å². The topological polar surface area (TPSA) is 129 Å². The Bertz CT molecular complexity index is 2530. The Kier molecular flexibility index (Phi) is 12.7. The highest BCUT2D eigenvalue weighted by molar-refractivity contribution is 7.90. The van der Waals surface area contributed by atoms with Crippen LogP contribution in [-0.4, -0.2) is 88.3 Å². The van der Waals surface area contributed by atoms with Crippen molar-refractivity contribution in [3.8, 4) is 17.2 Å². The van der Waals surface area contributed by atoms with Crippen molar-refractivity contribution in [2.75, 3.05) is 64.0 Å². The zero-order chi connectivity index (χ0) is 42.8. The van der Waals surface area contributed by atoms with Gasteiger partial charge < -0.3 is 24.7 Å². The number of sulfonamides is 1. The minimum Gasteiger partial charge on any atom is -0.491 e. The second-order valence-corrected chi connectivity index (χ2v) is 19.8. The van der Waals surface area contributed by atoms with Crippen LogP contribution in [0.15, 0.2) is 95.7 Å². The van der Waals surface area contributed by atoms with Gasteiger partial charge >= 0.3 is 0 Å². The summed E-state index contributed by atoms with van der Waals surface area (Å²) in [6.07, 6.45) is 7.78. The summed E-state index contributed by atoms with van der Waals surface area (Å²) in [5.74, 6) is -0.0906. The maximum Gasteiger partial charge on any atom is 0.268 e. The maximum absolute atomic E-state index is 14.0. The van der Waals surface area contributed by atoms with Crippen molar-refractivity contribution in [3.63, 3.8) is 0 Å². The number of allylic oxidation sites excluding steroid dienone is 1. The molecule has 3 aliphatic rings. The zero-order valence-electron chi connectivity index (χ0n) is 34.4. The number of ether oxygens (including phenoxy) is 2. The predicted octanol–water partition coefficient (Wildman–Crippen LogP) is 9.28. The number of nitrogens with one attached hydrogen (secondary N) is 3. The summed E-state index contributed by atoms with van der Waals surface area (Å²) >= 11 is 12.7. The van der Waals surface area contributed by atoms with E-state index in [1.54, 1.807) is 30.6 Å². The third-order valence-corrected chi connectivity index (χ3v) is 14.1. The Hall–Kier alpha value is -4.66. The molecule has 1 amide bonds. The number of rotatable bonds is 13. The normalized spacial score (nSPS) is 18.3. The lowest BCUT2D eigenvalue weighted by atomic mass is 9.72. The van der Waals surface area contributed by atoms with E-state index in [4.69, 9.17) is 32.7 Å². The molecule has 8 rings (SSSR count). The molecule has 2 fully saturated rings. The van der Waals surface area contributed by atoms with Crippen molar-refractivity contribution in [3.05, 3.63) is 112 Å². The number of piperidine rings is 1. The van der Waals surface area contributed by atoms with Crippen molar-refractivity contribution in [1.82, 2.24) is 24.9 Å². The smallest absolute Gasteiger partial charge is 0.268 e. The molecule has 2 saturated heterocycles. The van der Waals surface area contributed by atoms with Crippen molar-refractivity contribution in [1.29, 1.82) is 0 Å². The molecule has 0 unspecified atom stereocenters. The van der Waals surface area contributed by atoms with E-state index >= 15 is 0 Å². The second kappa shape index (κ2) is 18.0. The molecule has 61 heavy (non-hydrogen) atoms. The van der Waals surface area contributed by atoms with Gasteiger partial charge in [-0.1, -0.05) is 54.8 Å². The first kappa shape index (κ1) is 43.0. The van der Waals surface area contributed by atoms with Gasteiger partial charge in [0.15, 0.2) is 0 Å². The van der Waals surface area contributed by atoms with Crippen LogP contribution in [-0.2, 0) is 10.0 Å². The van der Waals surface area contributed by atoms with Gasteiger partial charge in [-0.3, -0.25) is 14.1 Å². The van der Waals surface area contributed by atoms with Crippen LogP contribution in [0.4, 0.5) is 10.1 Å². The number of aromatic nitrogens is 2. The number of fused-ring (bicyclic) bond motifs is 1. The fraction of sp³-hybridized carbons (Fsp3) is 0.391. The van der Waals surface area contributed by atoms with Gasteiger partial charge in [0.2, 0.25) is 0 Å². The molecule has 0 radical (unpaired) electrons. The Labute approximate surface area is 366 Å². The first-order valence-corrected chi connectivity index (χ1v) is 23.0. The van der Waals surface area contributed by atoms with Crippen molar-refractivity contribution >= 4 is 61.4 Å². The lowest BCUT2D eigenvalue weighted by Gasteiger charge is -2.39. The number of pyridine rings is 1. The summed E-state index contributed by atoms with van der Waals surface area (Å²) in [4.78, 5) is 25.9. The van der Waals surface area contributed by atoms with Gasteiger partial charge in [-0.25, -0.2) is 18.1 Å². The standard InChI is InChI=1S/C46H51Cl2FN6O5S/c1-45(2)13-11-33(39(26-45)31-3-5-34(47)6-4-31)28-54-19-21-55(22-20-54)35-7-9-38(42(24-35)60-36-23-32-12-16-51-43(32)52-27-36)44(56)53-61(57,58)37-8-10-41(40(48)25-37)59-30-46(29-49)14-17-50-18-15-46/h3-10,12,16,23-25,27,50H,11,13-15,17-22,26,28-30H2,1-2H3,(H,51,52)(H,53,56). The monoisotopic (exact) mass is 888 g/mol. The van der Waals surface area contributed by atoms with Gasteiger partial charge in [0, 0.05) is 66.5 Å². The van der Waals surface area contributed by atoms with Crippen LogP contribution in [0.25, 0.3) is 16.6 Å². The average Bonchev–Trinajstić information content (AvgIpc) is 3.73. The number of nitrogens with zero attached hydrogens (tertiary/aromatic N) is 3. The largest absolute Gasteiger partial charge is 0.491 e.